The highest BCUT2D eigenvalue weighted by Crippen LogP contribution is 2.28. The first-order chi connectivity index (χ1) is 16.2. The van der Waals surface area contributed by atoms with Crippen LogP contribution in [-0.4, -0.2) is 26.1 Å². The van der Waals surface area contributed by atoms with Crippen molar-refractivity contribution < 1.29 is 9.72 Å². The molecule has 1 heterocycles. The fraction of sp³-hybridized carbons (Fsp3) is 0.125. The first-order valence-electron chi connectivity index (χ1n) is 10.2. The van der Waals surface area contributed by atoms with Gasteiger partial charge < -0.3 is 5.32 Å². The molecule has 8 nitrogen and oxygen atoms in total. The number of nitrogens with one attached hydrogen (secondary N) is 1. The maximum atomic E-state index is 13.4. The number of hydrogen-bond acceptors (Lipinski definition) is 6. The molecule has 0 radical (unpaired) electrons. The van der Waals surface area contributed by atoms with Crippen LogP contribution in [0.2, 0.25) is 5.02 Å². The van der Waals surface area contributed by atoms with Gasteiger partial charge in [-0.15, -0.1) is 0 Å². The third-order valence-corrected chi connectivity index (χ3v) is 6.37. The van der Waals surface area contributed by atoms with Gasteiger partial charge in [0.15, 0.2) is 5.16 Å². The lowest BCUT2D eigenvalue weighted by Gasteiger charge is -2.16. The number of para-hydroxylation sites is 1. The number of benzene rings is 3. The molecule has 1 N–H and O–H groups in total. The zero-order chi connectivity index (χ0) is 24.4. The molecule has 0 atom stereocenters. The molecule has 1 amide bonds. The normalized spacial score (nSPS) is 10.9. The summed E-state index contributed by atoms with van der Waals surface area (Å²) in [6, 6.07) is 16.7. The molecule has 0 saturated carbocycles. The van der Waals surface area contributed by atoms with E-state index in [1.807, 2.05) is 32.0 Å². The molecule has 1 aromatic heterocycles. The van der Waals surface area contributed by atoms with Crippen LogP contribution in [0.25, 0.3) is 16.6 Å². The van der Waals surface area contributed by atoms with Crippen LogP contribution in [0, 0.1) is 24.0 Å². The minimum Gasteiger partial charge on any atom is -0.324 e. The van der Waals surface area contributed by atoms with Crippen molar-refractivity contribution in [2.75, 3.05) is 11.1 Å². The number of hydrogen-bond donors (Lipinski definition) is 1. The van der Waals surface area contributed by atoms with Crippen LogP contribution in [0.4, 0.5) is 11.4 Å². The van der Waals surface area contributed by atoms with Crippen LogP contribution in [0.1, 0.15) is 11.1 Å². The molecule has 4 rings (SSSR count). The Bertz CT molecular complexity index is 1500. The van der Waals surface area contributed by atoms with Gasteiger partial charge in [-0.2, -0.15) is 0 Å². The number of rotatable bonds is 6. The smallest absolute Gasteiger partial charge is 0.271 e. The second-order valence-electron chi connectivity index (χ2n) is 7.60. The molecule has 0 spiro atoms. The van der Waals surface area contributed by atoms with Gasteiger partial charge in [-0.05, 0) is 49.2 Å². The molecule has 10 heteroatoms. The summed E-state index contributed by atoms with van der Waals surface area (Å²) in [6.07, 6.45) is 0. The lowest BCUT2D eigenvalue weighted by molar-refractivity contribution is -0.384. The summed E-state index contributed by atoms with van der Waals surface area (Å²) in [5.41, 5.74) is 2.99. The van der Waals surface area contributed by atoms with Gasteiger partial charge in [-0.25, -0.2) is 4.98 Å². The van der Waals surface area contributed by atoms with E-state index in [1.54, 1.807) is 24.3 Å². The maximum absolute atomic E-state index is 13.4. The zero-order valence-corrected chi connectivity index (χ0v) is 19.8. The van der Waals surface area contributed by atoms with E-state index in [4.69, 9.17) is 11.6 Å². The summed E-state index contributed by atoms with van der Waals surface area (Å²) in [5.74, 6) is -0.446. The molecule has 0 saturated heterocycles. The fourth-order valence-electron chi connectivity index (χ4n) is 3.42. The minimum absolute atomic E-state index is 0.0526. The number of amides is 1. The maximum Gasteiger partial charge on any atom is 0.271 e. The number of anilines is 1. The van der Waals surface area contributed by atoms with E-state index >= 15 is 0 Å². The summed E-state index contributed by atoms with van der Waals surface area (Å²) < 4.78 is 1.53. The molecular formula is C24H19ClN4O4S. The first-order valence-corrected chi connectivity index (χ1v) is 11.6. The summed E-state index contributed by atoms with van der Waals surface area (Å²) >= 11 is 7.19. The molecule has 34 heavy (non-hydrogen) atoms. The minimum atomic E-state index is -0.564. The van der Waals surface area contributed by atoms with Crippen molar-refractivity contribution in [1.29, 1.82) is 0 Å². The van der Waals surface area contributed by atoms with Gasteiger partial charge in [0.1, 0.15) is 0 Å². The van der Waals surface area contributed by atoms with Gasteiger partial charge in [0.05, 0.1) is 38.0 Å². The second kappa shape index (κ2) is 9.66. The van der Waals surface area contributed by atoms with Crippen molar-refractivity contribution in [2.45, 2.75) is 19.0 Å². The van der Waals surface area contributed by atoms with E-state index in [0.29, 0.717) is 21.7 Å². The Kier molecular flexibility index (Phi) is 6.67. The number of nitrogens with zero attached hydrogens (tertiary/aromatic N) is 3. The third-order valence-electron chi connectivity index (χ3n) is 5.12. The van der Waals surface area contributed by atoms with Gasteiger partial charge in [0.2, 0.25) is 5.91 Å². The van der Waals surface area contributed by atoms with Crippen molar-refractivity contribution in [2.24, 2.45) is 0 Å². The number of fused-ring (bicyclic) bond motifs is 1. The summed E-state index contributed by atoms with van der Waals surface area (Å²) in [6.45, 7) is 3.85. The first kappa shape index (κ1) is 23.5. The molecule has 172 valence electrons. The highest BCUT2D eigenvalue weighted by molar-refractivity contribution is 7.99. The van der Waals surface area contributed by atoms with Gasteiger partial charge in [-0.1, -0.05) is 47.6 Å². The fourth-order valence-corrected chi connectivity index (χ4v) is 4.44. The number of aromatic nitrogens is 2. The van der Waals surface area contributed by atoms with Crippen molar-refractivity contribution in [3.63, 3.8) is 0 Å². The topological polar surface area (TPSA) is 107 Å². The van der Waals surface area contributed by atoms with Crippen LogP contribution in [0.15, 0.2) is 70.6 Å². The van der Waals surface area contributed by atoms with Crippen molar-refractivity contribution in [3.05, 3.63) is 97.3 Å². The number of carbonyl (C=O) groups is 1. The summed E-state index contributed by atoms with van der Waals surface area (Å²) in [4.78, 5) is 41.0. The Morgan fingerprint density at radius 1 is 1.15 bits per heavy atom. The van der Waals surface area contributed by atoms with Gasteiger partial charge in [0.25, 0.3) is 11.2 Å². The number of non-ortho nitro benzene ring substituents is 1. The highest BCUT2D eigenvalue weighted by atomic mass is 35.5. The van der Waals surface area contributed by atoms with Crippen LogP contribution >= 0.6 is 23.4 Å². The van der Waals surface area contributed by atoms with Gasteiger partial charge in [-0.3, -0.25) is 24.3 Å². The Labute approximate surface area is 203 Å². The number of aryl methyl sites for hydroxylation is 2. The molecule has 0 aliphatic rings. The average Bonchev–Trinajstić information content (AvgIpc) is 2.81. The lowest BCUT2D eigenvalue weighted by atomic mass is 10.1. The predicted molar refractivity (Wildman–Crippen MR) is 134 cm³/mol. The Morgan fingerprint density at radius 2 is 1.91 bits per heavy atom. The lowest BCUT2D eigenvalue weighted by Crippen LogP contribution is -2.23. The summed E-state index contributed by atoms with van der Waals surface area (Å²) in [5, 5.41) is 14.4. The molecule has 4 aromatic rings. The third kappa shape index (κ3) is 4.80. The van der Waals surface area contributed by atoms with Crippen LogP contribution in [-0.2, 0) is 4.79 Å². The van der Waals surface area contributed by atoms with E-state index in [2.05, 4.69) is 10.3 Å². The Balaban J connectivity index is 1.66. The predicted octanol–water partition coefficient (Wildman–Crippen LogP) is 5.29. The van der Waals surface area contributed by atoms with Crippen LogP contribution in [0.5, 0.6) is 0 Å². The molecule has 0 fully saturated rings. The monoisotopic (exact) mass is 494 g/mol. The number of carbonyl (C=O) groups excluding carboxylic acids is 1. The van der Waals surface area contributed by atoms with Crippen molar-refractivity contribution in [3.8, 4) is 5.69 Å². The molecule has 0 bridgehead atoms. The zero-order valence-electron chi connectivity index (χ0n) is 18.2. The Morgan fingerprint density at radius 3 is 2.65 bits per heavy atom. The van der Waals surface area contributed by atoms with Gasteiger partial charge >= 0.3 is 0 Å². The van der Waals surface area contributed by atoms with E-state index in [-0.39, 0.29) is 27.7 Å². The quantitative estimate of drug-likeness (QED) is 0.169. The molecule has 0 unspecified atom stereocenters. The summed E-state index contributed by atoms with van der Waals surface area (Å²) in [7, 11) is 0. The van der Waals surface area contributed by atoms with E-state index in [9.17, 15) is 19.7 Å². The molecule has 0 aliphatic carbocycles. The largest absolute Gasteiger partial charge is 0.324 e. The second-order valence-corrected chi connectivity index (χ2v) is 8.95. The highest BCUT2D eigenvalue weighted by Gasteiger charge is 2.17. The van der Waals surface area contributed by atoms with Crippen molar-refractivity contribution >= 4 is 51.5 Å². The molecule has 0 aliphatic heterocycles. The van der Waals surface area contributed by atoms with Gasteiger partial charge in [0, 0.05) is 12.1 Å². The van der Waals surface area contributed by atoms with E-state index in [1.165, 1.54) is 22.8 Å². The number of nitro groups is 1. The SMILES string of the molecule is Cc1ccc(C)c(-n2c(SCC(=O)Nc3ccc([N+](=O)[O-])cc3Cl)nc3ccccc3c2=O)c1. The van der Waals surface area contributed by atoms with Crippen LogP contribution < -0.4 is 10.9 Å². The molecular weight excluding hydrogens is 476 g/mol. The Hall–Kier alpha value is -3.69. The molecule has 3 aromatic carbocycles. The average molecular weight is 495 g/mol. The number of thioether (sulfide) groups is 1. The van der Waals surface area contributed by atoms with Crippen molar-refractivity contribution in [1.82, 2.24) is 9.55 Å². The van der Waals surface area contributed by atoms with Crippen LogP contribution in [0.3, 0.4) is 0 Å². The number of nitro benzene ring substituents is 1. The van der Waals surface area contributed by atoms with E-state index in [0.717, 1.165) is 22.9 Å². The number of halogens is 1. The standard InChI is InChI=1S/C24H19ClN4O4S/c1-14-7-8-15(2)21(11-14)28-23(31)17-5-3-4-6-19(17)27-24(28)34-13-22(30)26-20-10-9-16(29(32)33)12-18(20)25/h3-12H,13H2,1-2H3,(H,26,30). The van der Waals surface area contributed by atoms with E-state index < -0.39 is 10.8 Å².